The molecule has 0 spiro atoms. The monoisotopic (exact) mass is 407 g/mol. The fraction of sp³-hybridized carbons (Fsp3) is 0.267. The number of carbonyl (C=O) groups is 2. The van der Waals surface area contributed by atoms with Crippen LogP contribution in [0.2, 0.25) is 0 Å². The van der Waals surface area contributed by atoms with Crippen molar-refractivity contribution in [1.29, 1.82) is 0 Å². The standard InChI is InChI=1S/C15H14BrN5O4/c16-12-8(1-2-9-13(12)18-4-3-17-9)20-15-19-5-6-21(15)10(14(24)25)7-11(22)23/h1-4,10H,5-7H2,(H,19,20)(H,22,23)(H,24,25). The van der Waals surface area contributed by atoms with E-state index in [4.69, 9.17) is 5.11 Å². The van der Waals surface area contributed by atoms with Crippen LogP contribution in [0.4, 0.5) is 5.69 Å². The fourth-order valence-corrected chi connectivity index (χ4v) is 3.13. The first-order valence-electron chi connectivity index (χ1n) is 7.39. The van der Waals surface area contributed by atoms with Gasteiger partial charge >= 0.3 is 11.9 Å². The smallest absolute Gasteiger partial charge is 0.327 e. The first-order chi connectivity index (χ1) is 12.0. The lowest BCUT2D eigenvalue weighted by Gasteiger charge is -2.27. The van der Waals surface area contributed by atoms with Crippen LogP contribution in [0.5, 0.6) is 0 Å². The van der Waals surface area contributed by atoms with E-state index in [1.807, 2.05) is 0 Å². The lowest BCUT2D eigenvalue weighted by molar-refractivity contribution is -0.148. The van der Waals surface area contributed by atoms with Gasteiger partial charge in [-0.25, -0.2) is 4.79 Å². The molecule has 0 fully saturated rings. The predicted octanol–water partition coefficient (Wildman–Crippen LogP) is 1.40. The van der Waals surface area contributed by atoms with Gasteiger partial charge in [-0.1, -0.05) is 0 Å². The molecular formula is C15H14BrN5O4. The van der Waals surface area contributed by atoms with E-state index >= 15 is 0 Å². The third-order valence-corrected chi connectivity index (χ3v) is 4.53. The van der Waals surface area contributed by atoms with Crippen LogP contribution in [0.15, 0.2) is 34.0 Å². The molecule has 1 aromatic heterocycles. The minimum atomic E-state index is -1.21. The topological polar surface area (TPSA) is 128 Å². The van der Waals surface area contributed by atoms with Crippen LogP contribution in [0.1, 0.15) is 6.42 Å². The zero-order chi connectivity index (χ0) is 18.0. The molecule has 0 saturated heterocycles. The summed E-state index contributed by atoms with van der Waals surface area (Å²) in [5.41, 5.74) is 2.00. The molecule has 1 aromatic carbocycles. The van der Waals surface area contributed by atoms with Gasteiger partial charge in [0.1, 0.15) is 11.6 Å². The first-order valence-corrected chi connectivity index (χ1v) is 8.18. The number of nitrogens with one attached hydrogen (secondary N) is 1. The van der Waals surface area contributed by atoms with Gasteiger partial charge in [0.05, 0.1) is 28.6 Å². The van der Waals surface area contributed by atoms with Crippen molar-refractivity contribution in [2.75, 3.05) is 18.4 Å². The second kappa shape index (κ2) is 7.01. The van der Waals surface area contributed by atoms with Crippen LogP contribution in [0.3, 0.4) is 0 Å². The average Bonchev–Trinajstić information content (AvgIpc) is 3.03. The zero-order valence-corrected chi connectivity index (χ0v) is 14.5. The molecule has 3 N–H and O–H groups in total. The molecule has 0 bridgehead atoms. The Balaban J connectivity index is 1.88. The molecule has 1 aliphatic rings. The van der Waals surface area contributed by atoms with E-state index in [-0.39, 0.29) is 0 Å². The molecule has 0 amide bonds. The van der Waals surface area contributed by atoms with Gasteiger partial charge in [-0.2, -0.15) is 0 Å². The molecule has 2 heterocycles. The number of anilines is 1. The third kappa shape index (κ3) is 3.53. The van der Waals surface area contributed by atoms with Gasteiger partial charge in [0.15, 0.2) is 5.96 Å². The largest absolute Gasteiger partial charge is 0.481 e. The molecule has 130 valence electrons. The molecule has 1 aliphatic heterocycles. The van der Waals surface area contributed by atoms with Gasteiger partial charge < -0.3 is 20.4 Å². The molecule has 0 saturated carbocycles. The van der Waals surface area contributed by atoms with Crippen molar-refractivity contribution < 1.29 is 19.8 Å². The second-order valence-corrected chi connectivity index (χ2v) is 6.12. The van der Waals surface area contributed by atoms with Crippen molar-refractivity contribution in [3.63, 3.8) is 0 Å². The summed E-state index contributed by atoms with van der Waals surface area (Å²) < 4.78 is 0.665. The van der Waals surface area contributed by atoms with Crippen LogP contribution in [-0.4, -0.2) is 62.1 Å². The fourth-order valence-electron chi connectivity index (χ4n) is 2.59. The number of benzene rings is 1. The Labute approximate surface area is 150 Å². The van der Waals surface area contributed by atoms with Crippen molar-refractivity contribution in [2.45, 2.75) is 12.5 Å². The van der Waals surface area contributed by atoms with Gasteiger partial charge in [0, 0.05) is 18.9 Å². The molecule has 1 atom stereocenters. The van der Waals surface area contributed by atoms with E-state index in [9.17, 15) is 14.7 Å². The molecule has 10 heteroatoms. The number of guanidine groups is 1. The maximum absolute atomic E-state index is 11.4. The van der Waals surface area contributed by atoms with E-state index in [1.54, 1.807) is 24.5 Å². The number of hydrogen-bond donors (Lipinski definition) is 3. The van der Waals surface area contributed by atoms with Crippen molar-refractivity contribution in [3.8, 4) is 0 Å². The number of aromatic nitrogens is 2. The predicted molar refractivity (Wildman–Crippen MR) is 93.5 cm³/mol. The van der Waals surface area contributed by atoms with Crippen LogP contribution in [0, 0.1) is 0 Å². The zero-order valence-electron chi connectivity index (χ0n) is 12.9. The number of carboxylic acids is 2. The van der Waals surface area contributed by atoms with E-state index in [2.05, 4.69) is 36.2 Å². The number of halogens is 1. The van der Waals surface area contributed by atoms with Crippen molar-refractivity contribution in [3.05, 3.63) is 29.0 Å². The SMILES string of the molecule is O=C(O)CC(C(=O)O)N1CCN=C1Nc1ccc2nccnc2c1Br. The van der Waals surface area contributed by atoms with E-state index in [1.165, 1.54) is 4.90 Å². The summed E-state index contributed by atoms with van der Waals surface area (Å²) in [5.74, 6) is -2.07. The minimum absolute atomic E-state index is 0.317. The Bertz CT molecular complexity index is 872. The summed E-state index contributed by atoms with van der Waals surface area (Å²) in [4.78, 5) is 36.6. The molecule has 0 radical (unpaired) electrons. The number of rotatable bonds is 5. The normalized spacial score (nSPS) is 15.1. The lowest BCUT2D eigenvalue weighted by Crippen LogP contribution is -2.47. The quantitative estimate of drug-likeness (QED) is 0.678. The van der Waals surface area contributed by atoms with Gasteiger partial charge in [-0.3, -0.25) is 19.8 Å². The molecular weight excluding hydrogens is 394 g/mol. The lowest BCUT2D eigenvalue weighted by atomic mass is 10.2. The summed E-state index contributed by atoms with van der Waals surface area (Å²) in [6.45, 7) is 0.717. The van der Waals surface area contributed by atoms with E-state index in [0.29, 0.717) is 40.2 Å². The summed E-state index contributed by atoms with van der Waals surface area (Å²) >= 11 is 3.47. The second-order valence-electron chi connectivity index (χ2n) is 5.33. The molecule has 0 aliphatic carbocycles. The first kappa shape index (κ1) is 17.1. The van der Waals surface area contributed by atoms with Gasteiger partial charge in [-0.05, 0) is 28.1 Å². The van der Waals surface area contributed by atoms with Crippen molar-refractivity contribution in [1.82, 2.24) is 14.9 Å². The highest BCUT2D eigenvalue weighted by Crippen LogP contribution is 2.29. The molecule has 9 nitrogen and oxygen atoms in total. The van der Waals surface area contributed by atoms with Gasteiger partial charge in [0.25, 0.3) is 0 Å². The highest BCUT2D eigenvalue weighted by atomic mass is 79.9. The van der Waals surface area contributed by atoms with E-state index in [0.717, 1.165) is 0 Å². The average molecular weight is 408 g/mol. The van der Waals surface area contributed by atoms with E-state index < -0.39 is 24.4 Å². The minimum Gasteiger partial charge on any atom is -0.481 e. The molecule has 3 rings (SSSR count). The Morgan fingerprint density at radius 1 is 1.28 bits per heavy atom. The molecule has 2 aromatic rings. The van der Waals surface area contributed by atoms with Crippen LogP contribution in [-0.2, 0) is 9.59 Å². The van der Waals surface area contributed by atoms with Crippen LogP contribution in [0.25, 0.3) is 11.0 Å². The summed E-state index contributed by atoms with van der Waals surface area (Å²) in [6, 6.07) is 2.36. The van der Waals surface area contributed by atoms with Gasteiger partial charge in [0.2, 0.25) is 0 Å². The number of hydrogen-bond acceptors (Lipinski definition) is 7. The summed E-state index contributed by atoms with van der Waals surface area (Å²) in [5, 5.41) is 21.4. The third-order valence-electron chi connectivity index (χ3n) is 3.73. The molecule has 1 unspecified atom stereocenters. The summed E-state index contributed by atoms with van der Waals surface area (Å²) in [7, 11) is 0. The number of carboxylic acid groups (broad SMARTS) is 2. The number of aliphatic imine (C=N–C) groups is 1. The van der Waals surface area contributed by atoms with Crippen molar-refractivity contribution in [2.24, 2.45) is 4.99 Å². The maximum atomic E-state index is 11.4. The highest BCUT2D eigenvalue weighted by molar-refractivity contribution is 9.10. The van der Waals surface area contributed by atoms with Crippen LogP contribution < -0.4 is 5.32 Å². The number of nitrogens with zero attached hydrogens (tertiary/aromatic N) is 4. The highest BCUT2D eigenvalue weighted by Gasteiger charge is 2.33. The van der Waals surface area contributed by atoms with Crippen molar-refractivity contribution >= 4 is 50.5 Å². The Morgan fingerprint density at radius 3 is 2.76 bits per heavy atom. The summed E-state index contributed by atoms with van der Waals surface area (Å²) in [6.07, 6.45) is 2.65. The molecule has 25 heavy (non-hydrogen) atoms. The number of fused-ring (bicyclic) bond motifs is 1. The maximum Gasteiger partial charge on any atom is 0.327 e. The van der Waals surface area contributed by atoms with Gasteiger partial charge in [-0.15, -0.1) is 0 Å². The Kier molecular flexibility index (Phi) is 4.79. The van der Waals surface area contributed by atoms with Crippen LogP contribution >= 0.6 is 15.9 Å². The number of aliphatic carboxylic acids is 2. The Hall–Kier alpha value is -2.75. The Morgan fingerprint density at radius 2 is 2.04 bits per heavy atom.